The lowest BCUT2D eigenvalue weighted by atomic mass is 10.3. The summed E-state index contributed by atoms with van der Waals surface area (Å²) in [5.74, 6) is -0.423. The lowest BCUT2D eigenvalue weighted by Gasteiger charge is -1.99. The highest BCUT2D eigenvalue weighted by Gasteiger charge is 1.96. The molecule has 0 bridgehead atoms. The third-order valence-electron chi connectivity index (χ3n) is 0.796. The quantitative estimate of drug-likeness (QED) is 0.546. The smallest absolute Gasteiger partial charge is 0.305 e. The second-order valence-electron chi connectivity index (χ2n) is 1.72. The van der Waals surface area contributed by atoms with Crippen LogP contribution in [0.15, 0.2) is 0 Å². The predicted molar refractivity (Wildman–Crippen MR) is 36.2 cm³/mol. The molecule has 0 aromatic rings. The predicted octanol–water partition coefficient (Wildman–Crippen LogP) is 1.74. The summed E-state index contributed by atoms with van der Waals surface area (Å²) in [5.41, 5.74) is 0. The van der Waals surface area contributed by atoms with Crippen LogP contribution in [0.1, 0.15) is 37.2 Å². The van der Waals surface area contributed by atoms with Gasteiger partial charge in [0, 0.05) is 10.5 Å². The van der Waals surface area contributed by atoms with E-state index in [1.54, 1.807) is 0 Å². The molecule has 2 nitrogen and oxygen atoms in total. The van der Waals surface area contributed by atoms with Gasteiger partial charge in [0.2, 0.25) is 0 Å². The van der Waals surface area contributed by atoms with Crippen molar-refractivity contribution >= 4 is 5.97 Å². The Morgan fingerprint density at radius 1 is 1.67 bits per heavy atom. The molecule has 0 amide bonds. The van der Waals surface area contributed by atoms with Gasteiger partial charge in [0.15, 0.2) is 0 Å². The molecule has 54 valence electrons. The maximum atomic E-state index is 10.8. The molecule has 0 fully saturated rings. The third-order valence-corrected chi connectivity index (χ3v) is 0.796. The Hall–Kier alpha value is -0.530. The van der Waals surface area contributed by atoms with Crippen molar-refractivity contribution in [2.45, 2.75) is 33.0 Å². The van der Waals surface area contributed by atoms with Crippen LogP contribution in [0.4, 0.5) is 0 Å². The van der Waals surface area contributed by atoms with E-state index in [-0.39, 0.29) is 12.8 Å². The van der Waals surface area contributed by atoms with Crippen molar-refractivity contribution in [3.05, 3.63) is 0 Å². The van der Waals surface area contributed by atoms with Crippen molar-refractivity contribution in [3.63, 3.8) is 0 Å². The van der Waals surface area contributed by atoms with Gasteiger partial charge in [-0.15, -0.1) is 0 Å². The van der Waals surface area contributed by atoms with Crippen LogP contribution in [0.5, 0.6) is 0 Å². The lowest BCUT2D eigenvalue weighted by Crippen LogP contribution is -2.03. The van der Waals surface area contributed by atoms with Crippen molar-refractivity contribution < 1.29 is 13.6 Å². The van der Waals surface area contributed by atoms with E-state index in [9.17, 15) is 4.79 Å². The topological polar surface area (TPSA) is 26.3 Å². The summed E-state index contributed by atoms with van der Waals surface area (Å²) in [6.07, 6.45) is 0.644. The summed E-state index contributed by atoms with van der Waals surface area (Å²) in [4.78, 5) is 10.8. The van der Waals surface area contributed by atoms with E-state index in [0.29, 0.717) is 6.61 Å². The fourth-order valence-corrected chi connectivity index (χ4v) is 0.390. The van der Waals surface area contributed by atoms with Gasteiger partial charge in [0.05, 0.1) is 6.61 Å². The zero-order chi connectivity index (χ0) is 9.61. The molecule has 0 atom stereocenters. The van der Waals surface area contributed by atoms with Crippen LogP contribution in [0.25, 0.3) is 0 Å². The number of ether oxygens (including phenoxy) is 1. The van der Waals surface area contributed by atoms with E-state index in [4.69, 9.17) is 8.85 Å². The normalized spacial score (nSPS) is 15.4. The molecule has 0 N–H and O–H groups in total. The zero-order valence-corrected chi connectivity index (χ0v) is 5.64. The van der Waals surface area contributed by atoms with Crippen LogP contribution < -0.4 is 0 Å². The van der Waals surface area contributed by atoms with Crippen LogP contribution in [-0.4, -0.2) is 12.6 Å². The Bertz CT molecular complexity index is 142. The van der Waals surface area contributed by atoms with Gasteiger partial charge < -0.3 is 4.74 Å². The summed E-state index contributed by atoms with van der Waals surface area (Å²) < 4.78 is 25.2. The van der Waals surface area contributed by atoms with E-state index in [2.05, 4.69) is 0 Å². The fraction of sp³-hybridized carbons (Fsp3) is 0.857. The molecule has 0 rings (SSSR count). The maximum absolute atomic E-state index is 10.8. The maximum Gasteiger partial charge on any atom is 0.305 e. The Kier molecular flexibility index (Phi) is 2.68. The summed E-state index contributed by atoms with van der Waals surface area (Å²) >= 11 is 0. The molecule has 9 heavy (non-hydrogen) atoms. The molecule has 0 aliphatic rings. The average Bonchev–Trinajstić information content (AvgIpc) is 1.95. The Labute approximate surface area is 60.4 Å². The molecule has 2 heteroatoms. The average molecular weight is 133 g/mol. The van der Waals surface area contributed by atoms with Crippen LogP contribution in [-0.2, 0) is 9.53 Å². The fourth-order valence-electron chi connectivity index (χ4n) is 0.390. The Morgan fingerprint density at radius 2 is 2.44 bits per heavy atom. The first-order chi connectivity index (χ1) is 5.45. The zero-order valence-electron chi connectivity index (χ0n) is 8.64. The van der Waals surface area contributed by atoms with E-state index in [1.807, 2.05) is 6.92 Å². The Morgan fingerprint density at radius 3 is 3.00 bits per heavy atom. The number of hydrogen-bond donors (Lipinski definition) is 0. The minimum absolute atomic E-state index is 0.0174. The number of carbonyl (C=O) groups is 1. The summed E-state index contributed by atoms with van der Waals surface area (Å²) in [6.45, 7) is 0.238. The molecule has 0 saturated carbocycles. The first-order valence-corrected chi connectivity index (χ1v) is 3.11. The number of carbonyl (C=O) groups excluding carboxylic acids is 1. The van der Waals surface area contributed by atoms with Crippen molar-refractivity contribution in [1.29, 1.82) is 0 Å². The van der Waals surface area contributed by atoms with E-state index >= 15 is 0 Å². The highest BCUT2D eigenvalue weighted by atomic mass is 16.5. The number of rotatable bonds is 4. The van der Waals surface area contributed by atoms with Crippen molar-refractivity contribution in [2.75, 3.05) is 6.61 Å². The minimum atomic E-state index is -2.02. The molecule has 0 aromatic heterocycles. The van der Waals surface area contributed by atoms with Gasteiger partial charge in [-0.1, -0.05) is 13.8 Å². The minimum Gasteiger partial charge on any atom is -0.466 e. The van der Waals surface area contributed by atoms with E-state index < -0.39 is 12.8 Å². The third kappa shape index (κ3) is 5.34. The van der Waals surface area contributed by atoms with Gasteiger partial charge in [-0.3, -0.25) is 4.79 Å². The molecule has 0 saturated heterocycles. The summed E-state index contributed by atoms with van der Waals surface area (Å²) in [5, 5.41) is 0. The van der Waals surface area contributed by atoms with Crippen LogP contribution >= 0.6 is 0 Å². The van der Waals surface area contributed by atoms with Gasteiger partial charge in [-0.2, -0.15) is 0 Å². The molecule has 0 radical (unpaired) electrons. The highest BCUT2D eigenvalue weighted by molar-refractivity contribution is 5.69. The van der Waals surface area contributed by atoms with Crippen LogP contribution in [0, 0.1) is 0 Å². The number of esters is 1. The lowest BCUT2D eigenvalue weighted by molar-refractivity contribution is -0.143. The van der Waals surface area contributed by atoms with Gasteiger partial charge in [-0.25, -0.2) is 0 Å². The number of hydrogen-bond acceptors (Lipinski definition) is 2. The van der Waals surface area contributed by atoms with Gasteiger partial charge in [-0.05, 0) is 12.8 Å². The summed E-state index contributed by atoms with van der Waals surface area (Å²) in [7, 11) is 0. The first-order valence-electron chi connectivity index (χ1n) is 4.61. The van der Waals surface area contributed by atoms with Crippen LogP contribution in [0.2, 0.25) is 0 Å². The molecule has 0 aliphatic heterocycles. The molecule has 0 aliphatic carbocycles. The first kappa shape index (κ1) is 4.31. The van der Waals surface area contributed by atoms with Crippen molar-refractivity contribution in [1.82, 2.24) is 0 Å². The van der Waals surface area contributed by atoms with E-state index in [1.165, 1.54) is 0 Å². The van der Waals surface area contributed by atoms with Crippen molar-refractivity contribution in [3.8, 4) is 0 Å². The Balaban J connectivity index is 3.44. The van der Waals surface area contributed by atoms with Gasteiger partial charge >= 0.3 is 5.97 Å². The standard InChI is InChI=1S/C7H14O2/c1-3-5-7(8)9-6-4-2/h3-6H2,1-2H3/i1D3. The molecule has 0 aromatic carbocycles. The second kappa shape index (κ2) is 5.60. The monoisotopic (exact) mass is 133 g/mol. The molecular weight excluding hydrogens is 116 g/mol. The molecular formula is C7H14O2. The summed E-state index contributed by atoms with van der Waals surface area (Å²) in [6, 6.07) is 0. The van der Waals surface area contributed by atoms with Crippen molar-refractivity contribution in [2.24, 2.45) is 0 Å². The van der Waals surface area contributed by atoms with Crippen LogP contribution in [0.3, 0.4) is 0 Å². The van der Waals surface area contributed by atoms with E-state index in [0.717, 1.165) is 6.42 Å². The molecule has 0 unspecified atom stereocenters. The molecule has 0 spiro atoms. The van der Waals surface area contributed by atoms with Gasteiger partial charge in [0.25, 0.3) is 0 Å². The molecule has 0 heterocycles. The van der Waals surface area contributed by atoms with Gasteiger partial charge in [0.1, 0.15) is 0 Å². The SMILES string of the molecule is [2H]C([2H])([2H])CCC(=O)OCCC. The highest BCUT2D eigenvalue weighted by Crippen LogP contribution is 1.91. The second-order valence-corrected chi connectivity index (χ2v) is 1.72. The largest absolute Gasteiger partial charge is 0.466 e.